The van der Waals surface area contributed by atoms with E-state index in [0.29, 0.717) is 28.3 Å². The van der Waals surface area contributed by atoms with Crippen LogP contribution in [0.4, 0.5) is 5.69 Å². The maximum absolute atomic E-state index is 12.3. The van der Waals surface area contributed by atoms with Gasteiger partial charge in [-0.25, -0.2) is 0 Å². The molecule has 1 amide bonds. The van der Waals surface area contributed by atoms with E-state index in [4.69, 9.17) is 0 Å². The fraction of sp³-hybridized carbons (Fsp3) is 0.278. The quantitative estimate of drug-likeness (QED) is 0.794. The SMILES string of the molecule is CC(C)c1ccc(C(=O)Nc2cc(CO)cc(CO)c2)cc1. The molecule has 22 heavy (non-hydrogen) atoms. The van der Waals surface area contributed by atoms with E-state index in [0.717, 1.165) is 0 Å². The predicted octanol–water partition coefficient (Wildman–Crippen LogP) is 3.05. The van der Waals surface area contributed by atoms with Crippen molar-refractivity contribution in [3.8, 4) is 0 Å². The summed E-state index contributed by atoms with van der Waals surface area (Å²) >= 11 is 0. The molecule has 0 saturated carbocycles. The van der Waals surface area contributed by atoms with E-state index in [1.807, 2.05) is 12.1 Å². The number of rotatable bonds is 5. The summed E-state index contributed by atoms with van der Waals surface area (Å²) in [5.74, 6) is 0.208. The van der Waals surface area contributed by atoms with E-state index in [9.17, 15) is 15.0 Å². The van der Waals surface area contributed by atoms with Gasteiger partial charge in [0.2, 0.25) is 0 Å². The Labute approximate surface area is 130 Å². The van der Waals surface area contributed by atoms with Crippen LogP contribution in [0.15, 0.2) is 42.5 Å². The second kappa shape index (κ2) is 7.20. The molecule has 3 N–H and O–H groups in total. The van der Waals surface area contributed by atoms with Crippen molar-refractivity contribution in [1.82, 2.24) is 0 Å². The third kappa shape index (κ3) is 3.93. The smallest absolute Gasteiger partial charge is 0.255 e. The van der Waals surface area contributed by atoms with Crippen molar-refractivity contribution >= 4 is 11.6 Å². The van der Waals surface area contributed by atoms with Crippen molar-refractivity contribution < 1.29 is 15.0 Å². The maximum Gasteiger partial charge on any atom is 0.255 e. The summed E-state index contributed by atoms with van der Waals surface area (Å²) in [5, 5.41) is 21.2. The maximum atomic E-state index is 12.3. The van der Waals surface area contributed by atoms with Crippen LogP contribution >= 0.6 is 0 Å². The summed E-state index contributed by atoms with van der Waals surface area (Å²) in [4.78, 5) is 12.3. The molecule has 0 bridgehead atoms. The van der Waals surface area contributed by atoms with E-state index in [1.54, 1.807) is 30.3 Å². The lowest BCUT2D eigenvalue weighted by atomic mass is 10.0. The number of amides is 1. The highest BCUT2D eigenvalue weighted by Crippen LogP contribution is 2.18. The molecule has 2 rings (SSSR count). The van der Waals surface area contributed by atoms with Crippen molar-refractivity contribution in [2.24, 2.45) is 0 Å². The minimum absolute atomic E-state index is 0.139. The Morgan fingerprint density at radius 2 is 1.55 bits per heavy atom. The van der Waals surface area contributed by atoms with Crippen LogP contribution in [0.3, 0.4) is 0 Å². The summed E-state index contributed by atoms with van der Waals surface area (Å²) in [6, 6.07) is 12.6. The molecular formula is C18H21NO3. The standard InChI is InChI=1S/C18H21NO3/c1-12(2)15-3-5-16(6-4-15)18(22)19-17-8-13(10-20)7-14(9-17)11-21/h3-9,12,20-21H,10-11H2,1-2H3,(H,19,22). The fourth-order valence-electron chi connectivity index (χ4n) is 2.24. The number of hydrogen-bond donors (Lipinski definition) is 3. The van der Waals surface area contributed by atoms with Gasteiger partial charge in [-0.05, 0) is 46.9 Å². The third-order valence-electron chi connectivity index (χ3n) is 3.52. The molecule has 0 aromatic heterocycles. The number of nitrogens with one attached hydrogen (secondary N) is 1. The zero-order valence-corrected chi connectivity index (χ0v) is 12.8. The normalized spacial score (nSPS) is 10.8. The zero-order chi connectivity index (χ0) is 16.1. The first-order chi connectivity index (χ1) is 10.5. The number of carbonyl (C=O) groups excluding carboxylic acids is 1. The molecule has 0 aliphatic carbocycles. The predicted molar refractivity (Wildman–Crippen MR) is 86.8 cm³/mol. The van der Waals surface area contributed by atoms with Gasteiger partial charge in [-0.1, -0.05) is 32.0 Å². The highest BCUT2D eigenvalue weighted by atomic mass is 16.3. The van der Waals surface area contributed by atoms with Crippen LogP contribution in [0.5, 0.6) is 0 Å². The largest absolute Gasteiger partial charge is 0.392 e. The van der Waals surface area contributed by atoms with Gasteiger partial charge in [0.15, 0.2) is 0 Å². The van der Waals surface area contributed by atoms with E-state index < -0.39 is 0 Å². The molecule has 2 aromatic carbocycles. The molecular weight excluding hydrogens is 278 g/mol. The van der Waals surface area contributed by atoms with Gasteiger partial charge in [-0.15, -0.1) is 0 Å². The number of aliphatic hydroxyl groups excluding tert-OH is 2. The fourth-order valence-corrected chi connectivity index (χ4v) is 2.24. The summed E-state index contributed by atoms with van der Waals surface area (Å²) in [6.45, 7) is 3.93. The molecule has 0 unspecified atom stereocenters. The number of aliphatic hydroxyl groups is 2. The van der Waals surface area contributed by atoms with Crippen molar-refractivity contribution in [3.05, 3.63) is 64.7 Å². The van der Waals surface area contributed by atoms with E-state index in [2.05, 4.69) is 19.2 Å². The Morgan fingerprint density at radius 1 is 1.00 bits per heavy atom. The Kier molecular flexibility index (Phi) is 5.31. The first kappa shape index (κ1) is 16.2. The molecule has 0 aliphatic rings. The third-order valence-corrected chi connectivity index (χ3v) is 3.52. The number of hydrogen-bond acceptors (Lipinski definition) is 3. The lowest BCUT2D eigenvalue weighted by molar-refractivity contribution is 0.102. The van der Waals surface area contributed by atoms with Gasteiger partial charge in [0.25, 0.3) is 5.91 Å². The van der Waals surface area contributed by atoms with Crippen LogP contribution < -0.4 is 5.32 Å². The Hall–Kier alpha value is -2.17. The van der Waals surface area contributed by atoms with Gasteiger partial charge in [-0.3, -0.25) is 4.79 Å². The van der Waals surface area contributed by atoms with E-state index in [1.165, 1.54) is 5.56 Å². The molecule has 4 heteroatoms. The summed E-state index contributed by atoms with van der Waals surface area (Å²) < 4.78 is 0. The minimum Gasteiger partial charge on any atom is -0.392 e. The van der Waals surface area contributed by atoms with Gasteiger partial charge in [0.05, 0.1) is 13.2 Å². The van der Waals surface area contributed by atoms with Crippen LogP contribution in [0.25, 0.3) is 0 Å². The van der Waals surface area contributed by atoms with Crippen molar-refractivity contribution in [1.29, 1.82) is 0 Å². The van der Waals surface area contributed by atoms with E-state index >= 15 is 0 Å². The van der Waals surface area contributed by atoms with Gasteiger partial charge in [0.1, 0.15) is 0 Å². The van der Waals surface area contributed by atoms with Crippen molar-refractivity contribution in [3.63, 3.8) is 0 Å². The average Bonchev–Trinajstić information content (AvgIpc) is 2.54. The van der Waals surface area contributed by atoms with Crippen molar-refractivity contribution in [2.45, 2.75) is 33.0 Å². The molecule has 0 fully saturated rings. The number of carbonyl (C=O) groups is 1. The Balaban J connectivity index is 2.17. The highest BCUT2D eigenvalue weighted by Gasteiger charge is 2.08. The Morgan fingerprint density at radius 3 is 2.00 bits per heavy atom. The summed E-state index contributed by atoms with van der Waals surface area (Å²) in [7, 11) is 0. The van der Waals surface area contributed by atoms with Crippen LogP contribution in [0.1, 0.15) is 46.8 Å². The molecule has 0 aliphatic heterocycles. The van der Waals surface area contributed by atoms with Crippen LogP contribution in [-0.4, -0.2) is 16.1 Å². The van der Waals surface area contributed by atoms with E-state index in [-0.39, 0.29) is 19.1 Å². The lowest BCUT2D eigenvalue weighted by Gasteiger charge is -2.10. The first-order valence-corrected chi connectivity index (χ1v) is 7.29. The molecule has 0 radical (unpaired) electrons. The first-order valence-electron chi connectivity index (χ1n) is 7.29. The second-order valence-corrected chi connectivity index (χ2v) is 5.59. The lowest BCUT2D eigenvalue weighted by Crippen LogP contribution is -2.12. The molecule has 0 spiro atoms. The average molecular weight is 299 g/mol. The molecule has 116 valence electrons. The molecule has 0 heterocycles. The van der Waals surface area contributed by atoms with Gasteiger partial charge < -0.3 is 15.5 Å². The van der Waals surface area contributed by atoms with Crippen LogP contribution in [0.2, 0.25) is 0 Å². The van der Waals surface area contributed by atoms with Crippen molar-refractivity contribution in [2.75, 3.05) is 5.32 Å². The minimum atomic E-state index is -0.214. The zero-order valence-electron chi connectivity index (χ0n) is 12.8. The molecule has 0 atom stereocenters. The summed E-state index contributed by atoms with van der Waals surface area (Å²) in [6.07, 6.45) is 0. The topological polar surface area (TPSA) is 69.6 Å². The van der Waals surface area contributed by atoms with Gasteiger partial charge in [-0.2, -0.15) is 0 Å². The molecule has 4 nitrogen and oxygen atoms in total. The molecule has 2 aromatic rings. The van der Waals surface area contributed by atoms with Crippen LogP contribution in [-0.2, 0) is 13.2 Å². The summed E-state index contributed by atoms with van der Waals surface area (Å²) in [5.41, 5.74) is 3.62. The highest BCUT2D eigenvalue weighted by molar-refractivity contribution is 6.04. The Bertz CT molecular complexity index is 626. The molecule has 0 saturated heterocycles. The van der Waals surface area contributed by atoms with Gasteiger partial charge in [0, 0.05) is 11.3 Å². The van der Waals surface area contributed by atoms with Gasteiger partial charge >= 0.3 is 0 Å². The number of anilines is 1. The number of benzene rings is 2. The second-order valence-electron chi connectivity index (χ2n) is 5.59. The van der Waals surface area contributed by atoms with Crippen LogP contribution in [0, 0.1) is 0 Å². The monoisotopic (exact) mass is 299 g/mol.